The molecule has 0 spiro atoms. The molecule has 5 heteroatoms. The van der Waals surface area contributed by atoms with Crippen molar-refractivity contribution >= 4 is 23.0 Å². The molecule has 0 heterocycles. The summed E-state index contributed by atoms with van der Waals surface area (Å²) in [5, 5.41) is 12.6. The molecule has 0 unspecified atom stereocenters. The Labute approximate surface area is 121 Å². The van der Waals surface area contributed by atoms with Gasteiger partial charge >= 0.3 is 0 Å². The molecule has 2 aromatic rings. The van der Waals surface area contributed by atoms with E-state index in [0.717, 1.165) is 5.56 Å². The fourth-order valence-corrected chi connectivity index (χ4v) is 1.97. The van der Waals surface area contributed by atoms with Crippen LogP contribution in [0, 0.1) is 24.1 Å². The molecule has 2 aromatic carbocycles. The molecule has 102 valence electrons. The van der Waals surface area contributed by atoms with Crippen molar-refractivity contribution in [2.75, 3.05) is 12.4 Å². The van der Waals surface area contributed by atoms with Crippen LogP contribution >= 0.6 is 11.6 Å². The lowest BCUT2D eigenvalue weighted by Crippen LogP contribution is -1.99. The van der Waals surface area contributed by atoms with Crippen LogP contribution in [0.15, 0.2) is 30.3 Å². The molecule has 0 saturated carbocycles. The van der Waals surface area contributed by atoms with Gasteiger partial charge in [0.1, 0.15) is 23.2 Å². The monoisotopic (exact) mass is 290 g/mol. The molecule has 0 aliphatic rings. The summed E-state index contributed by atoms with van der Waals surface area (Å²) >= 11 is 6.03. The highest BCUT2D eigenvalue weighted by Gasteiger charge is 2.11. The predicted molar refractivity (Wildman–Crippen MR) is 77.1 cm³/mol. The number of nitrogens with one attached hydrogen (secondary N) is 1. The molecule has 0 atom stereocenters. The number of nitriles is 1. The number of methoxy groups -OCH3 is 1. The highest BCUT2D eigenvalue weighted by Crippen LogP contribution is 2.34. The smallest absolute Gasteiger partial charge is 0.143 e. The van der Waals surface area contributed by atoms with E-state index < -0.39 is 5.82 Å². The number of halogens is 2. The number of rotatable bonds is 3. The van der Waals surface area contributed by atoms with Crippen LogP contribution in [-0.4, -0.2) is 7.11 Å². The van der Waals surface area contributed by atoms with Gasteiger partial charge in [-0.15, -0.1) is 0 Å². The fourth-order valence-electron chi connectivity index (χ4n) is 1.82. The van der Waals surface area contributed by atoms with Gasteiger partial charge in [0.25, 0.3) is 0 Å². The number of benzene rings is 2. The third-order valence-corrected chi connectivity index (χ3v) is 3.28. The summed E-state index contributed by atoms with van der Waals surface area (Å²) in [6, 6.07) is 9.71. The predicted octanol–water partition coefficient (Wildman–Crippen LogP) is 4.41. The molecular weight excluding hydrogens is 279 g/mol. The Bertz CT molecular complexity index is 695. The number of anilines is 2. The molecule has 0 radical (unpaired) electrons. The molecule has 20 heavy (non-hydrogen) atoms. The maximum atomic E-state index is 13.6. The Balaban J connectivity index is 2.48. The number of aryl methyl sites for hydroxylation is 1. The number of hydrogen-bond acceptors (Lipinski definition) is 3. The van der Waals surface area contributed by atoms with Crippen molar-refractivity contribution in [3.63, 3.8) is 0 Å². The molecule has 0 aliphatic heterocycles. The summed E-state index contributed by atoms with van der Waals surface area (Å²) in [5.74, 6) is -0.0455. The standard InChI is InChI=1S/C15H12ClFN2O/c1-9-6-14(15(20-2)7-11(9)16)19-13-5-3-4-12(17)10(13)8-18/h3-7,19H,1-2H3. The van der Waals surface area contributed by atoms with Crippen LogP contribution in [0.1, 0.15) is 11.1 Å². The average molecular weight is 291 g/mol. The summed E-state index contributed by atoms with van der Waals surface area (Å²) in [5.41, 5.74) is 1.82. The van der Waals surface area contributed by atoms with Crippen LogP contribution in [0.2, 0.25) is 5.02 Å². The summed E-state index contributed by atoms with van der Waals surface area (Å²) in [7, 11) is 1.52. The van der Waals surface area contributed by atoms with E-state index in [9.17, 15) is 4.39 Å². The van der Waals surface area contributed by atoms with E-state index in [1.807, 2.05) is 13.0 Å². The van der Waals surface area contributed by atoms with Gasteiger partial charge in [-0.3, -0.25) is 0 Å². The van der Waals surface area contributed by atoms with Gasteiger partial charge in [-0.05, 0) is 30.7 Å². The first kappa shape index (κ1) is 14.2. The van der Waals surface area contributed by atoms with Crippen molar-refractivity contribution in [1.82, 2.24) is 0 Å². The van der Waals surface area contributed by atoms with Gasteiger partial charge in [-0.1, -0.05) is 17.7 Å². The lowest BCUT2D eigenvalue weighted by molar-refractivity contribution is 0.417. The van der Waals surface area contributed by atoms with E-state index in [-0.39, 0.29) is 5.56 Å². The van der Waals surface area contributed by atoms with Gasteiger partial charge in [-0.25, -0.2) is 4.39 Å². The fraction of sp³-hybridized carbons (Fsp3) is 0.133. The van der Waals surface area contributed by atoms with E-state index in [4.69, 9.17) is 21.6 Å². The summed E-state index contributed by atoms with van der Waals surface area (Å²) in [6.45, 7) is 1.85. The van der Waals surface area contributed by atoms with E-state index in [2.05, 4.69) is 5.32 Å². The first-order valence-electron chi connectivity index (χ1n) is 5.86. The highest BCUT2D eigenvalue weighted by atomic mass is 35.5. The third kappa shape index (κ3) is 2.68. The van der Waals surface area contributed by atoms with Crippen molar-refractivity contribution < 1.29 is 9.13 Å². The van der Waals surface area contributed by atoms with E-state index >= 15 is 0 Å². The lowest BCUT2D eigenvalue weighted by Gasteiger charge is -2.14. The van der Waals surface area contributed by atoms with Crippen LogP contribution in [0.3, 0.4) is 0 Å². The van der Waals surface area contributed by atoms with Crippen molar-refractivity contribution in [3.05, 3.63) is 52.3 Å². The molecule has 0 aromatic heterocycles. The van der Waals surface area contributed by atoms with Crippen LogP contribution in [0.4, 0.5) is 15.8 Å². The second kappa shape index (κ2) is 5.81. The summed E-state index contributed by atoms with van der Waals surface area (Å²) in [4.78, 5) is 0. The molecular formula is C15H12ClFN2O. The van der Waals surface area contributed by atoms with Gasteiger partial charge in [0.2, 0.25) is 0 Å². The molecule has 0 aliphatic carbocycles. The zero-order valence-corrected chi connectivity index (χ0v) is 11.8. The third-order valence-electron chi connectivity index (χ3n) is 2.88. The molecule has 0 saturated heterocycles. The van der Waals surface area contributed by atoms with Crippen molar-refractivity contribution in [1.29, 1.82) is 5.26 Å². The van der Waals surface area contributed by atoms with Crippen LogP contribution in [-0.2, 0) is 0 Å². The maximum absolute atomic E-state index is 13.6. The minimum absolute atomic E-state index is 0.0397. The minimum atomic E-state index is -0.567. The molecule has 0 amide bonds. The Morgan fingerprint density at radius 2 is 2.05 bits per heavy atom. The van der Waals surface area contributed by atoms with E-state index in [1.54, 1.807) is 18.2 Å². The highest BCUT2D eigenvalue weighted by molar-refractivity contribution is 6.31. The quantitative estimate of drug-likeness (QED) is 0.910. The van der Waals surface area contributed by atoms with Gasteiger partial charge < -0.3 is 10.1 Å². The van der Waals surface area contributed by atoms with Crippen LogP contribution < -0.4 is 10.1 Å². The molecule has 2 rings (SSSR count). The molecule has 1 N–H and O–H groups in total. The number of hydrogen-bond donors (Lipinski definition) is 1. The van der Waals surface area contributed by atoms with Gasteiger partial charge in [0.05, 0.1) is 18.5 Å². The zero-order chi connectivity index (χ0) is 14.7. The Hall–Kier alpha value is -2.25. The zero-order valence-electron chi connectivity index (χ0n) is 11.0. The SMILES string of the molecule is COc1cc(Cl)c(C)cc1Nc1cccc(F)c1C#N. The largest absolute Gasteiger partial charge is 0.495 e. The minimum Gasteiger partial charge on any atom is -0.495 e. The summed E-state index contributed by atoms with van der Waals surface area (Å²) < 4.78 is 18.8. The Morgan fingerprint density at radius 1 is 1.30 bits per heavy atom. The van der Waals surface area contributed by atoms with Crippen molar-refractivity contribution in [2.45, 2.75) is 6.92 Å². The van der Waals surface area contributed by atoms with Crippen molar-refractivity contribution in [3.8, 4) is 11.8 Å². The Kier molecular flexibility index (Phi) is 4.11. The lowest BCUT2D eigenvalue weighted by atomic mass is 10.1. The maximum Gasteiger partial charge on any atom is 0.143 e. The normalized spacial score (nSPS) is 9.95. The number of ether oxygens (including phenoxy) is 1. The second-order valence-electron chi connectivity index (χ2n) is 4.20. The van der Waals surface area contributed by atoms with Crippen LogP contribution in [0.5, 0.6) is 5.75 Å². The van der Waals surface area contributed by atoms with Gasteiger partial charge in [0.15, 0.2) is 0 Å². The van der Waals surface area contributed by atoms with Gasteiger partial charge in [0, 0.05) is 11.1 Å². The average Bonchev–Trinajstić information content (AvgIpc) is 2.43. The topological polar surface area (TPSA) is 45.0 Å². The Morgan fingerprint density at radius 3 is 2.70 bits per heavy atom. The summed E-state index contributed by atoms with van der Waals surface area (Å²) in [6.07, 6.45) is 0. The first-order valence-corrected chi connectivity index (χ1v) is 6.24. The molecule has 0 bridgehead atoms. The first-order chi connectivity index (χ1) is 9.56. The second-order valence-corrected chi connectivity index (χ2v) is 4.61. The molecule has 3 nitrogen and oxygen atoms in total. The van der Waals surface area contributed by atoms with E-state index in [0.29, 0.717) is 22.1 Å². The number of nitrogens with zero attached hydrogens (tertiary/aromatic N) is 1. The molecule has 0 fully saturated rings. The van der Waals surface area contributed by atoms with E-state index in [1.165, 1.54) is 19.2 Å². The van der Waals surface area contributed by atoms with Crippen LogP contribution in [0.25, 0.3) is 0 Å². The van der Waals surface area contributed by atoms with Crippen molar-refractivity contribution in [2.24, 2.45) is 0 Å². The van der Waals surface area contributed by atoms with Gasteiger partial charge in [-0.2, -0.15) is 5.26 Å².